The number of hydrogen-bond donors (Lipinski definition) is 2. The fraction of sp³-hybridized carbons (Fsp3) is 0.130. The van der Waals surface area contributed by atoms with Gasteiger partial charge in [0, 0.05) is 42.0 Å². The molecule has 6 bridgehead atoms. The molecule has 1 aromatic carbocycles. The van der Waals surface area contributed by atoms with Crippen LogP contribution >= 0.6 is 0 Å². The van der Waals surface area contributed by atoms with E-state index in [1.54, 1.807) is 24.7 Å². The maximum absolute atomic E-state index is 5.77. The van der Waals surface area contributed by atoms with Crippen molar-refractivity contribution in [3.63, 3.8) is 0 Å². The fourth-order valence-electron chi connectivity index (χ4n) is 3.21. The van der Waals surface area contributed by atoms with Crippen LogP contribution in [0.25, 0.3) is 10.8 Å². The summed E-state index contributed by atoms with van der Waals surface area (Å²) in [4.78, 5) is 17.5. The number of nitrogens with zero attached hydrogens (tertiary/aromatic N) is 4. The Morgan fingerprint density at radius 2 is 1.87 bits per heavy atom. The van der Waals surface area contributed by atoms with Crippen molar-refractivity contribution >= 4 is 28.2 Å². The van der Waals surface area contributed by atoms with E-state index in [1.165, 1.54) is 0 Å². The smallest absolute Gasteiger partial charge is 0.318 e. The van der Waals surface area contributed by atoms with Crippen molar-refractivity contribution in [2.24, 2.45) is 0 Å². The highest BCUT2D eigenvalue weighted by Gasteiger charge is 2.09. The van der Waals surface area contributed by atoms with E-state index in [4.69, 9.17) is 9.47 Å². The highest BCUT2D eigenvalue weighted by atomic mass is 16.5. The molecule has 4 aromatic rings. The summed E-state index contributed by atoms with van der Waals surface area (Å²) in [7, 11) is 1.83. The van der Waals surface area contributed by atoms with Gasteiger partial charge in [0.15, 0.2) is 0 Å². The van der Waals surface area contributed by atoms with Gasteiger partial charge >= 0.3 is 6.01 Å². The Bertz CT molecular complexity index is 1330. The van der Waals surface area contributed by atoms with E-state index in [-0.39, 0.29) is 6.01 Å². The topological polar surface area (TPSA) is 94.1 Å². The first kappa shape index (κ1) is 18.6. The van der Waals surface area contributed by atoms with Crippen LogP contribution in [0.4, 0.5) is 17.5 Å². The SMILES string of the molecule is CNc1ncc2c3cc(ncc13)Nc1ccnc(n1)OCCOc1cccc(c1)C#C2. The van der Waals surface area contributed by atoms with Gasteiger partial charge in [0.25, 0.3) is 0 Å². The number of aromatic nitrogens is 4. The average molecular weight is 410 g/mol. The van der Waals surface area contributed by atoms with Crippen molar-refractivity contribution < 1.29 is 9.47 Å². The Balaban J connectivity index is 1.66. The molecule has 0 spiro atoms. The van der Waals surface area contributed by atoms with E-state index in [0.717, 1.165) is 33.5 Å². The predicted molar refractivity (Wildman–Crippen MR) is 118 cm³/mol. The van der Waals surface area contributed by atoms with Crippen molar-refractivity contribution in [3.05, 3.63) is 66.1 Å². The Kier molecular flexibility index (Phi) is 4.91. The monoisotopic (exact) mass is 410 g/mol. The summed E-state index contributed by atoms with van der Waals surface area (Å²) >= 11 is 0. The zero-order chi connectivity index (χ0) is 21.0. The van der Waals surface area contributed by atoms with Crippen LogP contribution < -0.4 is 20.1 Å². The van der Waals surface area contributed by atoms with Gasteiger partial charge in [0.05, 0.1) is 5.56 Å². The third-order valence-corrected chi connectivity index (χ3v) is 4.66. The molecule has 8 heteroatoms. The minimum Gasteiger partial charge on any atom is -0.490 e. The van der Waals surface area contributed by atoms with Gasteiger partial charge in [-0.05, 0) is 30.3 Å². The molecular weight excluding hydrogens is 392 g/mol. The minimum absolute atomic E-state index is 0.262. The van der Waals surface area contributed by atoms with Crippen molar-refractivity contribution in [1.82, 2.24) is 19.9 Å². The van der Waals surface area contributed by atoms with Crippen LogP contribution in [-0.2, 0) is 0 Å². The van der Waals surface area contributed by atoms with E-state index >= 15 is 0 Å². The van der Waals surface area contributed by atoms with Crippen LogP contribution in [0.5, 0.6) is 11.8 Å². The molecule has 31 heavy (non-hydrogen) atoms. The largest absolute Gasteiger partial charge is 0.490 e. The molecule has 5 rings (SSSR count). The summed E-state index contributed by atoms with van der Waals surface area (Å²) < 4.78 is 11.4. The Morgan fingerprint density at radius 3 is 2.81 bits per heavy atom. The standard InChI is InChI=1S/C23H18N6O2/c1-24-22-19-14-26-21-12-18(19)16(13-27-22)6-5-15-3-2-4-17(11-15)30-9-10-31-23-25-8-7-20(28-21)29-23/h2-4,7-8,11-14H,9-10H2,1H3,(H,24,27)(H,25,26,28,29). The summed E-state index contributed by atoms with van der Waals surface area (Å²) in [5.74, 6) is 9.10. The van der Waals surface area contributed by atoms with E-state index in [1.807, 2.05) is 37.4 Å². The van der Waals surface area contributed by atoms with Crippen molar-refractivity contribution in [2.75, 3.05) is 30.9 Å². The second-order valence-electron chi connectivity index (χ2n) is 6.71. The molecule has 0 saturated carbocycles. The van der Waals surface area contributed by atoms with Crippen LogP contribution in [0.1, 0.15) is 11.1 Å². The highest BCUT2D eigenvalue weighted by Crippen LogP contribution is 2.27. The van der Waals surface area contributed by atoms with Gasteiger partial charge in [-0.2, -0.15) is 4.98 Å². The molecule has 2 N–H and O–H groups in total. The molecule has 4 heterocycles. The number of benzene rings is 1. The molecule has 0 radical (unpaired) electrons. The van der Waals surface area contributed by atoms with Gasteiger partial charge in [0.1, 0.15) is 36.4 Å². The Hall–Kier alpha value is -4.38. The van der Waals surface area contributed by atoms with Gasteiger partial charge in [-0.1, -0.05) is 17.9 Å². The van der Waals surface area contributed by atoms with Crippen molar-refractivity contribution in [3.8, 4) is 23.6 Å². The number of ether oxygens (including phenoxy) is 2. The molecule has 0 fully saturated rings. The molecule has 0 saturated heterocycles. The number of pyridine rings is 2. The lowest BCUT2D eigenvalue weighted by molar-refractivity contribution is 0.206. The second-order valence-corrected chi connectivity index (χ2v) is 6.71. The molecule has 152 valence electrons. The van der Waals surface area contributed by atoms with Gasteiger partial charge < -0.3 is 20.1 Å². The van der Waals surface area contributed by atoms with E-state index < -0.39 is 0 Å². The number of fused-ring (bicyclic) bond motifs is 5. The maximum atomic E-state index is 5.77. The van der Waals surface area contributed by atoms with Crippen molar-refractivity contribution in [2.45, 2.75) is 0 Å². The third kappa shape index (κ3) is 4.02. The predicted octanol–water partition coefficient (Wildman–Crippen LogP) is 3.38. The van der Waals surface area contributed by atoms with Gasteiger partial charge in [-0.15, -0.1) is 0 Å². The normalized spacial score (nSPS) is 12.5. The zero-order valence-electron chi connectivity index (χ0n) is 16.7. The lowest BCUT2D eigenvalue weighted by Gasteiger charge is -2.10. The molecule has 0 unspecified atom stereocenters. The number of nitrogens with one attached hydrogen (secondary N) is 2. The molecule has 8 nitrogen and oxygen atoms in total. The number of rotatable bonds is 1. The van der Waals surface area contributed by atoms with E-state index in [2.05, 4.69) is 42.4 Å². The molecule has 1 aliphatic rings. The minimum atomic E-state index is 0.262. The van der Waals surface area contributed by atoms with Crippen LogP contribution in [0.15, 0.2) is 55.0 Å². The summed E-state index contributed by atoms with van der Waals surface area (Å²) in [5.41, 5.74) is 1.64. The van der Waals surface area contributed by atoms with Gasteiger partial charge in [-0.25, -0.2) is 15.0 Å². The molecule has 0 aliphatic carbocycles. The number of anilines is 3. The summed E-state index contributed by atoms with van der Waals surface area (Å²) in [6.45, 7) is 0.670. The second kappa shape index (κ2) is 8.16. The Morgan fingerprint density at radius 1 is 0.935 bits per heavy atom. The molecule has 0 atom stereocenters. The molecule has 1 aliphatic heterocycles. The van der Waals surface area contributed by atoms with Crippen LogP contribution in [-0.4, -0.2) is 40.2 Å². The van der Waals surface area contributed by atoms with Crippen LogP contribution in [0, 0.1) is 11.8 Å². The Labute approximate surface area is 178 Å². The summed E-state index contributed by atoms with van der Waals surface area (Å²) in [5, 5.41) is 8.11. The highest BCUT2D eigenvalue weighted by molar-refractivity contribution is 5.96. The lowest BCUT2D eigenvalue weighted by Crippen LogP contribution is -2.11. The average Bonchev–Trinajstić information content (AvgIpc) is 2.80. The third-order valence-electron chi connectivity index (χ3n) is 4.66. The van der Waals surface area contributed by atoms with Gasteiger partial charge in [-0.3, -0.25) is 0 Å². The van der Waals surface area contributed by atoms with Crippen LogP contribution in [0.2, 0.25) is 0 Å². The van der Waals surface area contributed by atoms with E-state index in [0.29, 0.717) is 24.8 Å². The molecule has 0 amide bonds. The summed E-state index contributed by atoms with van der Waals surface area (Å²) in [6.07, 6.45) is 5.16. The molecular formula is C23H18N6O2. The summed E-state index contributed by atoms with van der Waals surface area (Å²) in [6, 6.07) is 11.6. The zero-order valence-corrected chi connectivity index (χ0v) is 16.7. The lowest BCUT2D eigenvalue weighted by atomic mass is 10.1. The first-order valence-corrected chi connectivity index (χ1v) is 9.73. The fourth-order valence-corrected chi connectivity index (χ4v) is 3.21. The quantitative estimate of drug-likeness (QED) is 0.461. The van der Waals surface area contributed by atoms with Crippen molar-refractivity contribution in [1.29, 1.82) is 0 Å². The maximum Gasteiger partial charge on any atom is 0.318 e. The van der Waals surface area contributed by atoms with E-state index in [9.17, 15) is 0 Å². The van der Waals surface area contributed by atoms with Gasteiger partial charge in [0.2, 0.25) is 0 Å². The molecule has 3 aromatic heterocycles. The number of hydrogen-bond acceptors (Lipinski definition) is 8. The first-order chi connectivity index (χ1) is 15.3. The van der Waals surface area contributed by atoms with Crippen LogP contribution in [0.3, 0.4) is 0 Å². The first-order valence-electron chi connectivity index (χ1n) is 9.73.